The van der Waals surface area contributed by atoms with Crippen LogP contribution in [0.15, 0.2) is 42.5 Å². The monoisotopic (exact) mass is 486 g/mol. The SMILES string of the molecule is COc1ccc(/C=C2\CCCc3c2nc2ccccc2c3C(=O)OC(C)C(=O)NC2CC2)cc1OC. The van der Waals surface area contributed by atoms with Gasteiger partial charge in [-0.2, -0.15) is 0 Å². The molecule has 2 aliphatic rings. The number of nitrogens with zero attached hydrogens (tertiary/aromatic N) is 1. The lowest BCUT2D eigenvalue weighted by Crippen LogP contribution is -2.37. The highest BCUT2D eigenvalue weighted by Crippen LogP contribution is 2.37. The average molecular weight is 487 g/mol. The summed E-state index contributed by atoms with van der Waals surface area (Å²) in [6.07, 6.45) is 5.59. The molecule has 0 bridgehead atoms. The van der Waals surface area contributed by atoms with Crippen molar-refractivity contribution in [1.82, 2.24) is 10.3 Å². The van der Waals surface area contributed by atoms with E-state index >= 15 is 0 Å². The van der Waals surface area contributed by atoms with E-state index in [0.29, 0.717) is 23.5 Å². The summed E-state index contributed by atoms with van der Waals surface area (Å²) in [5.41, 5.74) is 4.89. The highest BCUT2D eigenvalue weighted by Gasteiger charge is 2.30. The Morgan fingerprint density at radius 2 is 1.83 bits per heavy atom. The van der Waals surface area contributed by atoms with Crippen molar-refractivity contribution in [2.24, 2.45) is 0 Å². The van der Waals surface area contributed by atoms with Gasteiger partial charge in [0.1, 0.15) is 0 Å². The quantitative estimate of drug-likeness (QED) is 0.476. The number of methoxy groups -OCH3 is 2. The van der Waals surface area contributed by atoms with Crippen LogP contribution < -0.4 is 14.8 Å². The third kappa shape index (κ3) is 4.78. The van der Waals surface area contributed by atoms with E-state index in [0.717, 1.165) is 59.0 Å². The third-order valence-electron chi connectivity index (χ3n) is 6.70. The predicted molar refractivity (Wildman–Crippen MR) is 138 cm³/mol. The Bertz CT molecular complexity index is 1360. The molecule has 0 spiro atoms. The van der Waals surface area contributed by atoms with E-state index < -0.39 is 12.1 Å². The number of ether oxygens (including phenoxy) is 3. The standard InChI is InChI=1S/C29H30N2O5/c1-17(28(32)30-20-12-13-20)36-29(33)26-21-8-4-5-10-23(21)31-27-19(7-6-9-22(26)27)15-18-11-14-24(34-2)25(16-18)35-3/h4-5,8,10-11,14-17,20H,6-7,9,12-13H2,1-3H3,(H,30,32)/b19-15+. The molecular formula is C29H30N2O5. The summed E-state index contributed by atoms with van der Waals surface area (Å²) in [6, 6.07) is 13.6. The summed E-state index contributed by atoms with van der Waals surface area (Å²) in [4.78, 5) is 30.9. The van der Waals surface area contributed by atoms with Gasteiger partial charge >= 0.3 is 5.97 Å². The number of rotatable bonds is 7. The van der Waals surface area contributed by atoms with Gasteiger partial charge in [0.15, 0.2) is 17.6 Å². The molecule has 5 rings (SSSR count). The molecule has 1 aromatic heterocycles. The van der Waals surface area contributed by atoms with Crippen molar-refractivity contribution in [3.8, 4) is 11.5 Å². The van der Waals surface area contributed by atoms with Crippen molar-refractivity contribution in [3.63, 3.8) is 0 Å². The van der Waals surface area contributed by atoms with E-state index in [4.69, 9.17) is 19.2 Å². The Kier molecular flexibility index (Phi) is 6.63. The largest absolute Gasteiger partial charge is 0.493 e. The number of aromatic nitrogens is 1. The van der Waals surface area contributed by atoms with Gasteiger partial charge in [0, 0.05) is 11.4 Å². The van der Waals surface area contributed by atoms with Crippen LogP contribution in [-0.4, -0.2) is 43.2 Å². The Hall–Kier alpha value is -3.87. The van der Waals surface area contributed by atoms with Crippen molar-refractivity contribution in [2.75, 3.05) is 14.2 Å². The van der Waals surface area contributed by atoms with Crippen molar-refractivity contribution in [2.45, 2.75) is 51.2 Å². The number of para-hydroxylation sites is 1. The number of fused-ring (bicyclic) bond motifs is 2. The number of nitrogens with one attached hydrogen (secondary N) is 1. The zero-order valence-corrected chi connectivity index (χ0v) is 20.8. The Morgan fingerprint density at radius 3 is 2.58 bits per heavy atom. The van der Waals surface area contributed by atoms with Gasteiger partial charge in [0.2, 0.25) is 0 Å². The van der Waals surface area contributed by atoms with Crippen LogP contribution in [0.1, 0.15) is 59.8 Å². The van der Waals surface area contributed by atoms with Gasteiger partial charge in [0.05, 0.1) is 31.0 Å². The van der Waals surface area contributed by atoms with E-state index in [-0.39, 0.29) is 11.9 Å². The van der Waals surface area contributed by atoms with Gasteiger partial charge < -0.3 is 19.5 Å². The van der Waals surface area contributed by atoms with Gasteiger partial charge in [-0.25, -0.2) is 9.78 Å². The molecule has 1 fully saturated rings. The summed E-state index contributed by atoms with van der Waals surface area (Å²) in [7, 11) is 3.22. The Labute approximate surface area is 210 Å². The maximum Gasteiger partial charge on any atom is 0.339 e. The number of allylic oxidation sites excluding steroid dienone is 1. The third-order valence-corrected chi connectivity index (χ3v) is 6.70. The first-order valence-corrected chi connectivity index (χ1v) is 12.3. The van der Waals surface area contributed by atoms with E-state index in [1.807, 2.05) is 42.5 Å². The molecule has 7 heteroatoms. The minimum absolute atomic E-state index is 0.206. The predicted octanol–water partition coefficient (Wildman–Crippen LogP) is 4.95. The molecule has 0 radical (unpaired) electrons. The first-order valence-electron chi connectivity index (χ1n) is 12.3. The van der Waals surface area contributed by atoms with Gasteiger partial charge in [0.25, 0.3) is 5.91 Å². The molecule has 1 amide bonds. The topological polar surface area (TPSA) is 86.8 Å². The van der Waals surface area contributed by atoms with Crippen LogP contribution in [0, 0.1) is 0 Å². The van der Waals surface area contributed by atoms with Gasteiger partial charge in [-0.15, -0.1) is 0 Å². The highest BCUT2D eigenvalue weighted by molar-refractivity contribution is 6.07. The second-order valence-corrected chi connectivity index (χ2v) is 9.30. The zero-order valence-electron chi connectivity index (χ0n) is 20.8. The molecule has 0 saturated heterocycles. The molecule has 1 saturated carbocycles. The number of benzene rings is 2. The van der Waals surface area contributed by atoms with Crippen LogP contribution >= 0.6 is 0 Å². The number of carbonyl (C=O) groups excluding carboxylic acids is 2. The molecule has 7 nitrogen and oxygen atoms in total. The second kappa shape index (κ2) is 10.0. The first-order chi connectivity index (χ1) is 17.5. The molecule has 2 aromatic carbocycles. The smallest absolute Gasteiger partial charge is 0.339 e. The van der Waals surface area contributed by atoms with E-state index in [1.54, 1.807) is 21.1 Å². The number of hydrogen-bond acceptors (Lipinski definition) is 6. The molecule has 1 atom stereocenters. The highest BCUT2D eigenvalue weighted by atomic mass is 16.5. The first kappa shape index (κ1) is 23.9. The van der Waals surface area contributed by atoms with Crippen molar-refractivity contribution < 1.29 is 23.8 Å². The molecule has 3 aromatic rings. The number of amides is 1. The number of esters is 1. The molecule has 1 heterocycles. The Balaban J connectivity index is 1.55. The summed E-state index contributed by atoms with van der Waals surface area (Å²) >= 11 is 0. The fourth-order valence-electron chi connectivity index (χ4n) is 4.67. The maximum absolute atomic E-state index is 13.5. The van der Waals surface area contributed by atoms with E-state index in [9.17, 15) is 9.59 Å². The van der Waals surface area contributed by atoms with E-state index in [2.05, 4.69) is 11.4 Å². The van der Waals surface area contributed by atoms with E-state index in [1.165, 1.54) is 0 Å². The molecule has 186 valence electrons. The summed E-state index contributed by atoms with van der Waals surface area (Å²) in [5.74, 6) is 0.567. The van der Waals surface area contributed by atoms with Crippen molar-refractivity contribution >= 4 is 34.4 Å². The van der Waals surface area contributed by atoms with Crippen molar-refractivity contribution in [1.29, 1.82) is 0 Å². The molecular weight excluding hydrogens is 456 g/mol. The summed E-state index contributed by atoms with van der Waals surface area (Å²) in [6.45, 7) is 1.62. The summed E-state index contributed by atoms with van der Waals surface area (Å²) in [5, 5.41) is 3.64. The van der Waals surface area contributed by atoms with Crippen LogP contribution in [0.25, 0.3) is 22.6 Å². The molecule has 0 aliphatic heterocycles. The van der Waals surface area contributed by atoms with Crippen LogP contribution in [-0.2, 0) is 16.0 Å². The van der Waals surface area contributed by atoms with Gasteiger partial charge in [-0.3, -0.25) is 4.79 Å². The fourth-order valence-corrected chi connectivity index (χ4v) is 4.67. The zero-order chi connectivity index (χ0) is 25.2. The average Bonchev–Trinajstić information content (AvgIpc) is 3.71. The molecule has 2 aliphatic carbocycles. The van der Waals surface area contributed by atoms with Gasteiger partial charge in [-0.1, -0.05) is 24.3 Å². The van der Waals surface area contributed by atoms with Crippen LogP contribution in [0.4, 0.5) is 0 Å². The minimum atomic E-state index is -0.869. The molecule has 36 heavy (non-hydrogen) atoms. The number of carbonyl (C=O) groups is 2. The maximum atomic E-state index is 13.5. The van der Waals surface area contributed by atoms with Crippen LogP contribution in [0.2, 0.25) is 0 Å². The minimum Gasteiger partial charge on any atom is -0.493 e. The lowest BCUT2D eigenvalue weighted by molar-refractivity contribution is -0.129. The Morgan fingerprint density at radius 1 is 1.06 bits per heavy atom. The fraction of sp³-hybridized carbons (Fsp3) is 0.345. The van der Waals surface area contributed by atoms with Gasteiger partial charge in [-0.05, 0) is 80.0 Å². The second-order valence-electron chi connectivity index (χ2n) is 9.30. The number of hydrogen-bond donors (Lipinski definition) is 1. The van der Waals surface area contributed by atoms with Crippen molar-refractivity contribution in [3.05, 3.63) is 64.8 Å². The summed E-state index contributed by atoms with van der Waals surface area (Å²) < 4.78 is 16.5. The lowest BCUT2D eigenvalue weighted by Gasteiger charge is -2.23. The molecule has 1 N–H and O–H groups in total. The number of pyridine rings is 1. The molecule has 1 unspecified atom stereocenters. The van der Waals surface area contributed by atoms with Crippen LogP contribution in [0.5, 0.6) is 11.5 Å². The van der Waals surface area contributed by atoms with Crippen LogP contribution in [0.3, 0.4) is 0 Å². The lowest BCUT2D eigenvalue weighted by atomic mass is 9.86. The normalized spacial score (nSPS) is 16.8.